The molecule has 0 radical (unpaired) electrons. The Hall–Kier alpha value is 0.480. The zero-order valence-electron chi connectivity index (χ0n) is 5.44. The zero-order chi connectivity index (χ0) is 6.06. The second-order valence-electron chi connectivity index (χ2n) is 4.12. The maximum absolute atomic E-state index is 3.64. The van der Waals surface area contributed by atoms with Gasteiger partial charge in [0.25, 0.3) is 0 Å². The van der Waals surface area contributed by atoms with Crippen molar-refractivity contribution in [2.24, 2.45) is 23.2 Å². The van der Waals surface area contributed by atoms with Crippen LogP contribution in [0.5, 0.6) is 0 Å². The van der Waals surface area contributed by atoms with Gasteiger partial charge in [-0.15, -0.1) is 0 Å². The van der Waals surface area contributed by atoms with Crippen molar-refractivity contribution < 1.29 is 0 Å². The summed E-state index contributed by atoms with van der Waals surface area (Å²) in [4.78, 5) is 0. The highest BCUT2D eigenvalue weighted by molar-refractivity contribution is 9.09. The van der Waals surface area contributed by atoms with Gasteiger partial charge in [0.2, 0.25) is 0 Å². The summed E-state index contributed by atoms with van der Waals surface area (Å²) < 4.78 is 0. The average Bonchev–Trinajstić information content (AvgIpc) is 2.44. The van der Waals surface area contributed by atoms with E-state index in [0.29, 0.717) is 0 Å². The highest BCUT2D eigenvalue weighted by atomic mass is 79.9. The fraction of sp³-hybridized carbons (Fsp3) is 1.00. The van der Waals surface area contributed by atoms with Crippen molar-refractivity contribution in [1.29, 1.82) is 0 Å². The third kappa shape index (κ3) is 0.383. The number of halogens is 1. The van der Waals surface area contributed by atoms with Gasteiger partial charge in [0.05, 0.1) is 0 Å². The van der Waals surface area contributed by atoms with Gasteiger partial charge in [0.1, 0.15) is 0 Å². The summed E-state index contributed by atoms with van der Waals surface area (Å²) in [6, 6.07) is 0. The number of alkyl halides is 1. The van der Waals surface area contributed by atoms with Crippen LogP contribution in [0.2, 0.25) is 0 Å². The van der Waals surface area contributed by atoms with E-state index in [-0.39, 0.29) is 0 Å². The molecule has 4 atom stereocenters. The second kappa shape index (κ2) is 1.25. The summed E-state index contributed by atoms with van der Waals surface area (Å²) in [6.07, 6.45) is 4.72. The Kier molecular flexibility index (Phi) is 0.719. The van der Waals surface area contributed by atoms with E-state index in [0.717, 1.165) is 11.3 Å². The van der Waals surface area contributed by atoms with Gasteiger partial charge in [0.15, 0.2) is 0 Å². The Morgan fingerprint density at radius 2 is 2.00 bits per heavy atom. The largest absolute Gasteiger partial charge is 0.0922 e. The Bertz CT molecular complexity index is 152. The molecule has 50 valence electrons. The van der Waals surface area contributed by atoms with E-state index in [1.807, 2.05) is 0 Å². The van der Waals surface area contributed by atoms with Gasteiger partial charge in [0, 0.05) is 5.33 Å². The lowest BCUT2D eigenvalue weighted by atomic mass is 10.1. The number of hydrogen-bond donors (Lipinski definition) is 0. The SMILES string of the molecule is BrCC12CC3C[C@@H]1[C@@H]2C3. The molecule has 1 heteroatoms. The summed E-state index contributed by atoms with van der Waals surface area (Å²) in [5, 5.41) is 1.30. The first-order valence-electron chi connectivity index (χ1n) is 3.93. The minimum absolute atomic E-state index is 0.852. The maximum atomic E-state index is 3.64. The molecule has 0 saturated heterocycles. The van der Waals surface area contributed by atoms with Gasteiger partial charge in [-0.2, -0.15) is 0 Å². The van der Waals surface area contributed by atoms with E-state index in [2.05, 4.69) is 15.9 Å². The Labute approximate surface area is 64.1 Å². The first-order chi connectivity index (χ1) is 4.37. The highest BCUT2D eigenvalue weighted by Crippen LogP contribution is 2.79. The van der Waals surface area contributed by atoms with Gasteiger partial charge in [-0.25, -0.2) is 0 Å². The molecule has 4 saturated carbocycles. The molecule has 2 unspecified atom stereocenters. The molecule has 4 aliphatic carbocycles. The molecule has 0 spiro atoms. The maximum Gasteiger partial charge on any atom is 0.00935 e. The Morgan fingerprint density at radius 1 is 1.33 bits per heavy atom. The van der Waals surface area contributed by atoms with Gasteiger partial charge < -0.3 is 0 Å². The molecule has 0 heterocycles. The molecule has 0 aromatic carbocycles. The minimum Gasteiger partial charge on any atom is -0.0922 e. The number of hydrogen-bond acceptors (Lipinski definition) is 0. The molecule has 0 amide bonds. The van der Waals surface area contributed by atoms with Crippen molar-refractivity contribution in [3.63, 3.8) is 0 Å². The van der Waals surface area contributed by atoms with Crippen LogP contribution in [0.3, 0.4) is 0 Å². The van der Waals surface area contributed by atoms with Crippen molar-refractivity contribution in [2.75, 3.05) is 5.33 Å². The summed E-state index contributed by atoms with van der Waals surface area (Å²) in [6.45, 7) is 0. The van der Waals surface area contributed by atoms with Crippen molar-refractivity contribution in [3.8, 4) is 0 Å². The topological polar surface area (TPSA) is 0 Å². The Balaban J connectivity index is 2.02. The molecule has 4 rings (SSSR count). The first kappa shape index (κ1) is 5.17. The van der Waals surface area contributed by atoms with Gasteiger partial charge in [-0.3, -0.25) is 0 Å². The predicted molar refractivity (Wildman–Crippen MR) is 40.5 cm³/mol. The molecule has 0 N–H and O–H groups in total. The van der Waals surface area contributed by atoms with Crippen LogP contribution in [0.4, 0.5) is 0 Å². The molecule has 4 fully saturated rings. The quantitative estimate of drug-likeness (QED) is 0.553. The third-order valence-corrected chi connectivity index (χ3v) is 4.99. The van der Waals surface area contributed by atoms with Crippen molar-refractivity contribution in [1.82, 2.24) is 0 Å². The standard InChI is InChI=1S/C8H11Br/c9-4-8-3-5-1-6(8)7(8)2-5/h5-7H,1-4H2/t5?,6-,7+,8?. The van der Waals surface area contributed by atoms with Crippen LogP contribution in [-0.2, 0) is 0 Å². The van der Waals surface area contributed by atoms with Crippen LogP contribution in [-0.4, -0.2) is 5.33 Å². The lowest BCUT2D eigenvalue weighted by Crippen LogP contribution is -1.99. The predicted octanol–water partition coefficient (Wildman–Crippen LogP) is 2.43. The molecule has 0 nitrogen and oxygen atoms in total. The van der Waals surface area contributed by atoms with E-state index in [1.165, 1.54) is 17.2 Å². The normalized spacial score (nSPS) is 67.0. The molecular weight excluding hydrogens is 176 g/mol. The van der Waals surface area contributed by atoms with Crippen LogP contribution in [0.15, 0.2) is 0 Å². The van der Waals surface area contributed by atoms with Crippen LogP contribution >= 0.6 is 15.9 Å². The van der Waals surface area contributed by atoms with Crippen LogP contribution in [0.25, 0.3) is 0 Å². The fourth-order valence-corrected chi connectivity index (χ4v) is 4.60. The van der Waals surface area contributed by atoms with Crippen LogP contribution < -0.4 is 0 Å². The van der Waals surface area contributed by atoms with E-state index in [4.69, 9.17) is 0 Å². The monoisotopic (exact) mass is 186 g/mol. The summed E-state index contributed by atoms with van der Waals surface area (Å²) in [5.41, 5.74) is 0.852. The molecule has 9 heavy (non-hydrogen) atoms. The lowest BCUT2D eigenvalue weighted by Gasteiger charge is -2.02. The smallest absolute Gasteiger partial charge is 0.00935 e. The molecular formula is C8H11Br. The van der Waals surface area contributed by atoms with E-state index < -0.39 is 0 Å². The average molecular weight is 187 g/mol. The molecule has 0 aliphatic heterocycles. The van der Waals surface area contributed by atoms with E-state index >= 15 is 0 Å². The van der Waals surface area contributed by atoms with Crippen molar-refractivity contribution >= 4 is 15.9 Å². The molecule has 0 aromatic rings. The number of rotatable bonds is 1. The van der Waals surface area contributed by atoms with Gasteiger partial charge >= 0.3 is 0 Å². The Morgan fingerprint density at radius 3 is 2.22 bits per heavy atom. The van der Waals surface area contributed by atoms with Crippen LogP contribution in [0.1, 0.15) is 19.3 Å². The summed E-state index contributed by atoms with van der Waals surface area (Å²) in [5.74, 6) is 3.49. The lowest BCUT2D eigenvalue weighted by molar-refractivity contribution is 0.550. The molecule has 0 aromatic heterocycles. The first-order valence-corrected chi connectivity index (χ1v) is 5.05. The third-order valence-electron chi connectivity index (χ3n) is 3.95. The van der Waals surface area contributed by atoms with Crippen molar-refractivity contribution in [2.45, 2.75) is 19.3 Å². The van der Waals surface area contributed by atoms with E-state index in [9.17, 15) is 0 Å². The van der Waals surface area contributed by atoms with Gasteiger partial charge in [-0.1, -0.05) is 15.9 Å². The van der Waals surface area contributed by atoms with Crippen molar-refractivity contribution in [3.05, 3.63) is 0 Å². The minimum atomic E-state index is 0.852. The summed E-state index contributed by atoms with van der Waals surface area (Å²) in [7, 11) is 0. The molecule has 4 bridgehead atoms. The fourth-order valence-electron chi connectivity index (χ4n) is 3.54. The van der Waals surface area contributed by atoms with Crippen LogP contribution in [0, 0.1) is 23.2 Å². The summed E-state index contributed by atoms with van der Waals surface area (Å²) >= 11 is 3.64. The highest BCUT2D eigenvalue weighted by Gasteiger charge is 2.73. The second-order valence-corrected chi connectivity index (χ2v) is 4.68. The van der Waals surface area contributed by atoms with Gasteiger partial charge in [-0.05, 0) is 42.4 Å². The van der Waals surface area contributed by atoms with E-state index in [1.54, 1.807) is 19.3 Å². The molecule has 4 aliphatic rings. The zero-order valence-corrected chi connectivity index (χ0v) is 7.02.